The third-order valence-electron chi connectivity index (χ3n) is 11.0. The highest BCUT2D eigenvalue weighted by Crippen LogP contribution is 2.47. The highest BCUT2D eigenvalue weighted by atomic mass is 35.5. The monoisotopic (exact) mass is 760 g/mol. The van der Waals surface area contributed by atoms with E-state index in [-0.39, 0.29) is 42.3 Å². The van der Waals surface area contributed by atoms with Gasteiger partial charge in [0.25, 0.3) is 11.8 Å². The molecule has 4 N–H and O–H groups in total. The number of hydrogen-bond donors (Lipinski definition) is 4. The predicted octanol–water partition coefficient (Wildman–Crippen LogP) is 3.55. The van der Waals surface area contributed by atoms with Gasteiger partial charge in [0.2, 0.25) is 21.8 Å². The van der Waals surface area contributed by atoms with Crippen molar-refractivity contribution < 1.29 is 42.2 Å². The maximum absolute atomic E-state index is 14.5. The summed E-state index contributed by atoms with van der Waals surface area (Å²) in [5, 5.41) is 15.0. The molecule has 6 rings (SSSR count). The van der Waals surface area contributed by atoms with Gasteiger partial charge < -0.3 is 30.1 Å². The van der Waals surface area contributed by atoms with Gasteiger partial charge in [-0.2, -0.15) is 0 Å². The number of fused-ring (bicyclic) bond motifs is 3. The summed E-state index contributed by atoms with van der Waals surface area (Å²) < 4.78 is 38.9. The topological polar surface area (TPSA) is 206 Å². The van der Waals surface area contributed by atoms with Gasteiger partial charge >= 0.3 is 6.09 Å². The van der Waals surface area contributed by atoms with E-state index in [0.29, 0.717) is 48.9 Å². The quantitative estimate of drug-likeness (QED) is 0.286. The van der Waals surface area contributed by atoms with Gasteiger partial charge in [0.05, 0.1) is 29.4 Å². The number of methoxy groups -OCH3 is 1. The molecule has 1 aromatic heterocycles. The normalized spacial score (nSPS) is 30.8. The van der Waals surface area contributed by atoms with Gasteiger partial charge in [-0.05, 0) is 69.4 Å². The number of carbonyl (C=O) groups is 4. The Bertz CT molecular complexity index is 1910. The SMILES string of the molecule is CC[C@@H]1C[C@H](C)CC/C=C\[C@@H]2C[C@@]2(C(=O)NS(=O)(=O)C2(C)CC2)NC(=O)[C@@H]2C[C@@H](Oc3nc4cc(OC)ccc4nc3Cl)CN2C(=O)[C@H]1NC(=O)O. The van der Waals surface area contributed by atoms with E-state index in [2.05, 4.69) is 25.3 Å². The number of halogens is 1. The summed E-state index contributed by atoms with van der Waals surface area (Å²) in [5.41, 5.74) is -0.646. The number of nitrogens with zero attached hydrogens (tertiary/aromatic N) is 3. The molecular formula is C35H45ClN6O9S. The molecule has 4 aliphatic rings. The van der Waals surface area contributed by atoms with Crippen LogP contribution < -0.4 is 24.8 Å². The van der Waals surface area contributed by atoms with E-state index in [1.807, 2.05) is 26.0 Å². The lowest BCUT2D eigenvalue weighted by Crippen LogP contribution is -2.59. The summed E-state index contributed by atoms with van der Waals surface area (Å²) >= 11 is 6.48. The average Bonchev–Trinajstić information content (AvgIpc) is 3.97. The number of nitrogens with one attached hydrogen (secondary N) is 3. The number of allylic oxidation sites excluding steroid dienone is 1. The van der Waals surface area contributed by atoms with Gasteiger partial charge in [-0.3, -0.25) is 19.1 Å². The van der Waals surface area contributed by atoms with Crippen LogP contribution >= 0.6 is 11.6 Å². The van der Waals surface area contributed by atoms with Crippen molar-refractivity contribution in [1.29, 1.82) is 0 Å². The van der Waals surface area contributed by atoms with Crippen molar-refractivity contribution >= 4 is 56.5 Å². The molecule has 52 heavy (non-hydrogen) atoms. The molecular weight excluding hydrogens is 716 g/mol. The van der Waals surface area contributed by atoms with Crippen molar-refractivity contribution in [2.75, 3.05) is 13.7 Å². The summed E-state index contributed by atoms with van der Waals surface area (Å²) in [5.74, 6) is -2.41. The van der Waals surface area contributed by atoms with Gasteiger partial charge in [0.15, 0.2) is 5.15 Å². The van der Waals surface area contributed by atoms with Crippen molar-refractivity contribution in [2.24, 2.45) is 17.8 Å². The third-order valence-corrected chi connectivity index (χ3v) is 13.4. The lowest BCUT2D eigenvalue weighted by Gasteiger charge is -2.33. The minimum Gasteiger partial charge on any atom is -0.497 e. The summed E-state index contributed by atoms with van der Waals surface area (Å²) in [6.07, 6.45) is 4.88. The Kier molecular flexibility index (Phi) is 10.4. The average molecular weight is 761 g/mol. The van der Waals surface area contributed by atoms with Crippen LogP contribution in [0.1, 0.15) is 72.1 Å². The van der Waals surface area contributed by atoms with Gasteiger partial charge in [-0.1, -0.05) is 44.0 Å². The number of benzene rings is 1. The molecule has 1 aromatic carbocycles. The van der Waals surface area contributed by atoms with Gasteiger partial charge in [-0.25, -0.2) is 23.2 Å². The van der Waals surface area contributed by atoms with Crippen LogP contribution in [0.25, 0.3) is 11.0 Å². The van der Waals surface area contributed by atoms with Crippen molar-refractivity contribution in [2.45, 2.75) is 101 Å². The molecule has 2 aliphatic carbocycles. The number of rotatable bonds is 8. The standard InChI is InChI=1S/C35H45ClN6O9S/c1-5-20-14-19(2)8-6-7-9-21-17-35(21,32(45)41-52(48,49)34(3)12-13-34)40-29(43)26-16-23(18-42(26)31(44)27(20)39-33(46)47)51-30-28(36)37-24-11-10-22(50-4)15-25(24)38-30/h7,9-11,15,19-21,23,26-27,39H,5-6,8,12-14,16-18H2,1-4H3,(H,40,43)(H,41,45)(H,46,47)/b9-7-/t19-,20-,21-,23-,26+,27+,35-/m1/s1. The summed E-state index contributed by atoms with van der Waals surface area (Å²) in [6.45, 7) is 5.35. The Morgan fingerprint density at radius 3 is 2.60 bits per heavy atom. The number of carbonyl (C=O) groups excluding carboxylic acids is 3. The predicted molar refractivity (Wildman–Crippen MR) is 190 cm³/mol. The molecule has 4 amide bonds. The lowest BCUT2D eigenvalue weighted by atomic mass is 9.85. The molecule has 2 aromatic rings. The number of aromatic nitrogens is 2. The van der Waals surface area contributed by atoms with Crippen LogP contribution in [0.5, 0.6) is 11.6 Å². The maximum Gasteiger partial charge on any atom is 0.405 e. The van der Waals surface area contributed by atoms with Crippen molar-refractivity contribution in [1.82, 2.24) is 30.2 Å². The fraction of sp³-hybridized carbons (Fsp3) is 0.600. The summed E-state index contributed by atoms with van der Waals surface area (Å²) in [6, 6.07) is 2.67. The van der Waals surface area contributed by atoms with Crippen molar-refractivity contribution in [3.05, 3.63) is 35.5 Å². The molecule has 2 aliphatic heterocycles. The van der Waals surface area contributed by atoms with Gasteiger partial charge in [-0.15, -0.1) is 0 Å². The van der Waals surface area contributed by atoms with Crippen LogP contribution in [0.15, 0.2) is 30.4 Å². The maximum atomic E-state index is 14.5. The second-order valence-electron chi connectivity index (χ2n) is 14.8. The van der Waals surface area contributed by atoms with E-state index in [9.17, 15) is 32.7 Å². The second kappa shape index (κ2) is 14.3. The Morgan fingerprint density at radius 1 is 1.17 bits per heavy atom. The zero-order valence-corrected chi connectivity index (χ0v) is 31.1. The Morgan fingerprint density at radius 2 is 1.92 bits per heavy atom. The van der Waals surface area contributed by atoms with E-state index < -0.39 is 68.2 Å². The van der Waals surface area contributed by atoms with Gasteiger partial charge in [0, 0.05) is 18.4 Å². The number of hydrogen-bond acceptors (Lipinski definition) is 10. The molecule has 0 spiro atoms. The number of amides is 4. The largest absolute Gasteiger partial charge is 0.497 e. The summed E-state index contributed by atoms with van der Waals surface area (Å²) in [4.78, 5) is 64.8. The fourth-order valence-electron chi connectivity index (χ4n) is 7.30. The highest BCUT2D eigenvalue weighted by Gasteiger charge is 2.63. The molecule has 282 valence electrons. The van der Waals surface area contributed by atoms with Crippen molar-refractivity contribution in [3.8, 4) is 11.6 Å². The first-order valence-electron chi connectivity index (χ1n) is 17.6. The zero-order valence-electron chi connectivity index (χ0n) is 29.6. The molecule has 0 unspecified atom stereocenters. The highest BCUT2D eigenvalue weighted by molar-refractivity contribution is 7.91. The second-order valence-corrected chi connectivity index (χ2v) is 17.3. The minimum absolute atomic E-state index is 0.0366. The minimum atomic E-state index is -4.02. The molecule has 3 fully saturated rings. The molecule has 17 heteroatoms. The molecule has 0 radical (unpaired) electrons. The first kappa shape index (κ1) is 37.6. The van der Waals surface area contributed by atoms with Crippen LogP contribution in [0.4, 0.5) is 4.79 Å². The molecule has 3 heterocycles. The van der Waals surface area contributed by atoms with Crippen LogP contribution in [0.3, 0.4) is 0 Å². The molecule has 1 saturated heterocycles. The van der Waals surface area contributed by atoms with E-state index in [1.165, 1.54) is 12.0 Å². The van der Waals surface area contributed by atoms with Crippen LogP contribution in [0, 0.1) is 17.8 Å². The first-order chi connectivity index (χ1) is 24.6. The molecule has 15 nitrogen and oxygen atoms in total. The molecule has 0 bridgehead atoms. The smallest absolute Gasteiger partial charge is 0.405 e. The number of ether oxygens (including phenoxy) is 2. The van der Waals surface area contributed by atoms with E-state index in [1.54, 1.807) is 25.1 Å². The van der Waals surface area contributed by atoms with E-state index >= 15 is 0 Å². The Balaban J connectivity index is 1.35. The van der Waals surface area contributed by atoms with Crippen LogP contribution in [-0.2, 0) is 24.4 Å². The Labute approximate surface area is 307 Å². The van der Waals surface area contributed by atoms with Crippen LogP contribution in [0.2, 0.25) is 5.15 Å². The summed E-state index contributed by atoms with van der Waals surface area (Å²) in [7, 11) is -2.50. The van der Waals surface area contributed by atoms with Gasteiger partial charge in [0.1, 0.15) is 29.5 Å². The zero-order chi connectivity index (χ0) is 37.6. The van der Waals surface area contributed by atoms with E-state index in [4.69, 9.17) is 21.1 Å². The molecule has 2 saturated carbocycles. The lowest BCUT2D eigenvalue weighted by molar-refractivity contribution is -0.142. The number of carboxylic acid groups (broad SMARTS) is 1. The fourth-order valence-corrected chi connectivity index (χ4v) is 8.79. The Hall–Kier alpha value is -4.18. The van der Waals surface area contributed by atoms with Crippen molar-refractivity contribution in [3.63, 3.8) is 0 Å². The first-order valence-corrected chi connectivity index (χ1v) is 19.5. The third kappa shape index (κ3) is 7.49. The number of sulfonamides is 1. The molecule has 7 atom stereocenters. The van der Waals surface area contributed by atoms with E-state index in [0.717, 1.165) is 6.42 Å². The van der Waals surface area contributed by atoms with Crippen LogP contribution in [-0.4, -0.2) is 94.3 Å².